The number of ketones is 1. The Morgan fingerprint density at radius 3 is 3.00 bits per heavy atom. The molecule has 1 aliphatic carbocycles. The Morgan fingerprint density at radius 2 is 2.17 bits per heavy atom. The highest BCUT2D eigenvalue weighted by atomic mass is 16.1. The summed E-state index contributed by atoms with van der Waals surface area (Å²) in [7, 11) is 0. The molecule has 12 heavy (non-hydrogen) atoms. The van der Waals surface area contributed by atoms with E-state index in [1.54, 1.807) is 0 Å². The third-order valence-corrected chi connectivity index (χ3v) is 2.11. The summed E-state index contributed by atoms with van der Waals surface area (Å²) in [5.41, 5.74) is 3.13. The van der Waals surface area contributed by atoms with E-state index in [4.69, 9.17) is 0 Å². The molecule has 1 nitrogen and oxygen atoms in total. The summed E-state index contributed by atoms with van der Waals surface area (Å²) in [6.07, 6.45) is 4.49. The molecule has 1 heteroatoms. The van der Waals surface area contributed by atoms with Crippen LogP contribution in [0.5, 0.6) is 0 Å². The maximum Gasteiger partial charge on any atom is 0.167 e. The second kappa shape index (κ2) is 2.59. The molecular weight excluding hydrogens is 148 g/mol. The van der Waals surface area contributed by atoms with Crippen molar-refractivity contribution in [3.8, 4) is 0 Å². The van der Waals surface area contributed by atoms with Crippen LogP contribution in [0.4, 0.5) is 0 Å². The second-order valence-corrected chi connectivity index (χ2v) is 3.12. The molecule has 1 aromatic carbocycles. The van der Waals surface area contributed by atoms with Crippen molar-refractivity contribution >= 4 is 11.9 Å². The van der Waals surface area contributed by atoms with Crippen molar-refractivity contribution in [1.82, 2.24) is 0 Å². The minimum atomic E-state index is 0.229. The van der Waals surface area contributed by atoms with Gasteiger partial charge in [0.05, 0.1) is 0 Å². The molecule has 0 radical (unpaired) electrons. The van der Waals surface area contributed by atoms with E-state index in [1.165, 1.54) is 5.56 Å². The van der Waals surface area contributed by atoms with Gasteiger partial charge in [0.1, 0.15) is 0 Å². The zero-order valence-corrected chi connectivity index (χ0v) is 7.00. The lowest BCUT2D eigenvalue weighted by Crippen LogP contribution is -2.03. The number of fused-ring (bicyclic) bond motifs is 1. The molecule has 0 saturated heterocycles. The number of allylic oxidation sites excluding steroid dienone is 1. The number of Topliss-reactive ketones (excluding diaryl/α,β-unsaturated/α-hetero) is 1. The highest BCUT2D eigenvalue weighted by Crippen LogP contribution is 2.19. The number of hydrogen-bond donors (Lipinski definition) is 0. The van der Waals surface area contributed by atoms with Crippen molar-refractivity contribution in [3.63, 3.8) is 0 Å². The molecule has 0 spiro atoms. The van der Waals surface area contributed by atoms with Gasteiger partial charge < -0.3 is 0 Å². The molecule has 0 atom stereocenters. The average Bonchev–Trinajstić information content (AvgIpc) is 2.04. The van der Waals surface area contributed by atoms with Gasteiger partial charge in [-0.05, 0) is 12.5 Å². The summed E-state index contributed by atoms with van der Waals surface area (Å²) in [6.45, 7) is 2.03. The molecule has 0 amide bonds. The summed E-state index contributed by atoms with van der Waals surface area (Å²) in [5, 5.41) is 0. The predicted molar refractivity (Wildman–Crippen MR) is 49.2 cm³/mol. The lowest BCUT2D eigenvalue weighted by Gasteiger charge is -2.08. The van der Waals surface area contributed by atoms with E-state index in [0.717, 1.165) is 11.1 Å². The molecule has 0 bridgehead atoms. The van der Waals surface area contributed by atoms with Crippen LogP contribution in [0.1, 0.15) is 27.9 Å². The molecule has 2 rings (SSSR count). The van der Waals surface area contributed by atoms with Crippen molar-refractivity contribution in [2.45, 2.75) is 13.3 Å². The van der Waals surface area contributed by atoms with Crippen LogP contribution in [0.3, 0.4) is 0 Å². The van der Waals surface area contributed by atoms with Crippen LogP contribution in [-0.4, -0.2) is 5.78 Å². The van der Waals surface area contributed by atoms with E-state index < -0.39 is 0 Å². The first-order valence-corrected chi connectivity index (χ1v) is 4.08. The zero-order valence-electron chi connectivity index (χ0n) is 7.00. The molecule has 0 N–H and O–H groups in total. The lowest BCUT2D eigenvalue weighted by atomic mass is 9.95. The Bertz CT molecular complexity index is 361. The quantitative estimate of drug-likeness (QED) is 0.567. The first kappa shape index (κ1) is 7.29. The topological polar surface area (TPSA) is 17.1 Å². The van der Waals surface area contributed by atoms with Crippen molar-refractivity contribution in [2.24, 2.45) is 0 Å². The molecule has 0 aliphatic heterocycles. The van der Waals surface area contributed by atoms with Gasteiger partial charge in [0.25, 0.3) is 0 Å². The SMILES string of the molecule is Cc1ccc2c(c1)C=CCC2=O. The minimum Gasteiger partial charge on any atom is -0.294 e. The Labute approximate surface area is 71.7 Å². The third-order valence-electron chi connectivity index (χ3n) is 2.11. The van der Waals surface area contributed by atoms with Crippen molar-refractivity contribution in [2.75, 3.05) is 0 Å². The Balaban J connectivity index is 2.62. The first-order chi connectivity index (χ1) is 5.77. The first-order valence-electron chi connectivity index (χ1n) is 4.08. The summed E-state index contributed by atoms with van der Waals surface area (Å²) in [6, 6.07) is 5.94. The van der Waals surface area contributed by atoms with E-state index in [0.29, 0.717) is 6.42 Å². The van der Waals surface area contributed by atoms with Gasteiger partial charge in [-0.1, -0.05) is 35.9 Å². The fourth-order valence-electron chi connectivity index (χ4n) is 1.48. The smallest absolute Gasteiger partial charge is 0.167 e. The zero-order chi connectivity index (χ0) is 8.55. The predicted octanol–water partition coefficient (Wildman–Crippen LogP) is 2.59. The number of hydrogen-bond acceptors (Lipinski definition) is 1. The van der Waals surface area contributed by atoms with Crippen molar-refractivity contribution in [3.05, 3.63) is 41.0 Å². The number of carbonyl (C=O) groups is 1. The summed E-state index contributed by atoms with van der Waals surface area (Å²) >= 11 is 0. The number of carbonyl (C=O) groups excluding carboxylic acids is 1. The van der Waals surface area contributed by atoms with Crippen molar-refractivity contribution in [1.29, 1.82) is 0 Å². The molecule has 0 unspecified atom stereocenters. The van der Waals surface area contributed by atoms with Gasteiger partial charge in [-0.3, -0.25) is 4.79 Å². The van der Waals surface area contributed by atoms with Gasteiger partial charge in [0.2, 0.25) is 0 Å². The van der Waals surface area contributed by atoms with Gasteiger partial charge in [-0.2, -0.15) is 0 Å². The lowest BCUT2D eigenvalue weighted by molar-refractivity contribution is 0.0994. The van der Waals surface area contributed by atoms with Gasteiger partial charge in [0.15, 0.2) is 5.78 Å². The van der Waals surface area contributed by atoms with Crippen LogP contribution in [0.2, 0.25) is 0 Å². The van der Waals surface area contributed by atoms with E-state index in [9.17, 15) is 4.79 Å². The van der Waals surface area contributed by atoms with E-state index in [1.807, 2.05) is 37.3 Å². The number of rotatable bonds is 0. The van der Waals surface area contributed by atoms with E-state index in [-0.39, 0.29) is 5.78 Å². The van der Waals surface area contributed by atoms with Crippen LogP contribution in [0.15, 0.2) is 24.3 Å². The Kier molecular flexibility index (Phi) is 1.58. The molecule has 60 valence electrons. The molecule has 0 aromatic heterocycles. The van der Waals surface area contributed by atoms with Crippen LogP contribution < -0.4 is 0 Å². The van der Waals surface area contributed by atoms with Crippen LogP contribution in [-0.2, 0) is 0 Å². The largest absolute Gasteiger partial charge is 0.294 e. The van der Waals surface area contributed by atoms with Gasteiger partial charge in [0, 0.05) is 12.0 Å². The molecule has 0 heterocycles. The molecule has 0 fully saturated rings. The molecule has 0 saturated carbocycles. The highest BCUT2D eigenvalue weighted by Gasteiger charge is 2.11. The highest BCUT2D eigenvalue weighted by molar-refractivity contribution is 6.02. The monoisotopic (exact) mass is 158 g/mol. The third kappa shape index (κ3) is 1.07. The molecule has 1 aliphatic rings. The van der Waals surface area contributed by atoms with Crippen LogP contribution >= 0.6 is 0 Å². The fourth-order valence-corrected chi connectivity index (χ4v) is 1.48. The Hall–Kier alpha value is -1.37. The maximum atomic E-state index is 11.3. The van der Waals surface area contributed by atoms with Gasteiger partial charge in [-0.25, -0.2) is 0 Å². The Morgan fingerprint density at radius 1 is 1.33 bits per heavy atom. The van der Waals surface area contributed by atoms with Crippen LogP contribution in [0.25, 0.3) is 6.08 Å². The summed E-state index contributed by atoms with van der Waals surface area (Å²) < 4.78 is 0. The maximum absolute atomic E-state index is 11.3. The number of benzene rings is 1. The van der Waals surface area contributed by atoms with Gasteiger partial charge in [-0.15, -0.1) is 0 Å². The van der Waals surface area contributed by atoms with E-state index in [2.05, 4.69) is 0 Å². The minimum absolute atomic E-state index is 0.229. The standard InChI is InChI=1S/C11H10O/c1-8-5-6-10-9(7-8)3-2-4-11(10)12/h2-3,5-7H,4H2,1H3. The number of aryl methyl sites for hydroxylation is 1. The van der Waals surface area contributed by atoms with Crippen molar-refractivity contribution < 1.29 is 4.79 Å². The normalized spacial score (nSPS) is 14.6. The molecule has 1 aromatic rings. The van der Waals surface area contributed by atoms with Crippen LogP contribution in [0, 0.1) is 6.92 Å². The molecular formula is C11H10O. The van der Waals surface area contributed by atoms with Gasteiger partial charge >= 0.3 is 0 Å². The average molecular weight is 158 g/mol. The summed E-state index contributed by atoms with van der Waals surface area (Å²) in [5.74, 6) is 0.229. The summed E-state index contributed by atoms with van der Waals surface area (Å²) in [4.78, 5) is 11.3. The van der Waals surface area contributed by atoms with E-state index >= 15 is 0 Å². The second-order valence-electron chi connectivity index (χ2n) is 3.12. The fraction of sp³-hybridized carbons (Fsp3) is 0.182.